The summed E-state index contributed by atoms with van der Waals surface area (Å²) in [5, 5.41) is 12.0. The summed E-state index contributed by atoms with van der Waals surface area (Å²) in [7, 11) is 0. The lowest BCUT2D eigenvalue weighted by Crippen LogP contribution is -2.20. The number of carbonyl (C=O) groups is 2. The monoisotopic (exact) mass is 433 g/mol. The van der Waals surface area contributed by atoms with E-state index in [0.717, 1.165) is 16.5 Å². The molecule has 0 aliphatic heterocycles. The average Bonchev–Trinajstić information content (AvgIpc) is 3.44. The van der Waals surface area contributed by atoms with Gasteiger partial charge in [0.25, 0.3) is 5.69 Å². The van der Waals surface area contributed by atoms with E-state index < -0.39 is 4.92 Å². The van der Waals surface area contributed by atoms with Crippen LogP contribution in [0.1, 0.15) is 32.0 Å². The molecule has 0 bridgehead atoms. The molecule has 0 unspecified atom stereocenters. The molecular formula is C26H15N3O4. The molecule has 0 amide bonds. The highest BCUT2D eigenvalue weighted by molar-refractivity contribution is 6.31. The molecule has 7 nitrogen and oxygen atoms in total. The smallest absolute Gasteiger partial charge is 0.269 e. The zero-order valence-corrected chi connectivity index (χ0v) is 17.1. The molecule has 5 aromatic rings. The fourth-order valence-electron chi connectivity index (χ4n) is 4.56. The molecule has 7 heteroatoms. The molecule has 0 radical (unpaired) electrons. The van der Waals surface area contributed by atoms with Crippen molar-refractivity contribution >= 4 is 28.2 Å². The number of rotatable bonds is 3. The van der Waals surface area contributed by atoms with Gasteiger partial charge in [0.2, 0.25) is 5.78 Å². The van der Waals surface area contributed by atoms with Crippen LogP contribution in [0.4, 0.5) is 5.69 Å². The molecule has 2 aromatic heterocycles. The Morgan fingerprint density at radius 2 is 1.36 bits per heavy atom. The zero-order chi connectivity index (χ0) is 22.7. The minimum Gasteiger partial charge on any atom is -0.361 e. The maximum absolute atomic E-state index is 13.6. The number of hydrogen-bond donors (Lipinski definition) is 2. The van der Waals surface area contributed by atoms with Gasteiger partial charge in [-0.3, -0.25) is 19.7 Å². The lowest BCUT2D eigenvalue weighted by Gasteiger charge is -2.15. The summed E-state index contributed by atoms with van der Waals surface area (Å²) in [5.41, 5.74) is 4.71. The topological polar surface area (TPSA) is 109 Å². The predicted molar refractivity (Wildman–Crippen MR) is 123 cm³/mol. The SMILES string of the molecule is O=C1c2ccccc2C(=O)c2c1[nH]c(-c1ccc([N+](=O)[O-])cc1)c2-c1c[nH]c2ccccc12. The number of nitrogens with one attached hydrogen (secondary N) is 2. The van der Waals surface area contributed by atoms with Crippen LogP contribution in [0.25, 0.3) is 33.3 Å². The van der Waals surface area contributed by atoms with E-state index in [1.807, 2.05) is 30.5 Å². The van der Waals surface area contributed by atoms with Gasteiger partial charge in [0.1, 0.15) is 0 Å². The van der Waals surface area contributed by atoms with E-state index in [9.17, 15) is 19.7 Å². The highest BCUT2D eigenvalue weighted by Crippen LogP contribution is 2.43. The molecule has 33 heavy (non-hydrogen) atoms. The van der Waals surface area contributed by atoms with Gasteiger partial charge in [-0.1, -0.05) is 42.5 Å². The Balaban J connectivity index is 1.68. The van der Waals surface area contributed by atoms with Crippen molar-refractivity contribution in [2.75, 3.05) is 0 Å². The van der Waals surface area contributed by atoms with Crippen LogP contribution in [0.3, 0.4) is 0 Å². The maximum Gasteiger partial charge on any atom is 0.269 e. The summed E-state index contributed by atoms with van der Waals surface area (Å²) >= 11 is 0. The van der Waals surface area contributed by atoms with Crippen LogP contribution in [0.5, 0.6) is 0 Å². The first-order valence-corrected chi connectivity index (χ1v) is 10.3. The third kappa shape index (κ3) is 2.69. The van der Waals surface area contributed by atoms with E-state index in [4.69, 9.17) is 0 Å². The normalized spacial score (nSPS) is 12.6. The Bertz CT molecular complexity index is 1620. The van der Waals surface area contributed by atoms with Crippen LogP contribution in [-0.2, 0) is 0 Å². The van der Waals surface area contributed by atoms with Crippen molar-refractivity contribution in [1.29, 1.82) is 0 Å². The van der Waals surface area contributed by atoms with Crippen molar-refractivity contribution < 1.29 is 14.5 Å². The van der Waals surface area contributed by atoms with Crippen molar-refractivity contribution in [1.82, 2.24) is 9.97 Å². The Hall–Kier alpha value is -4.78. The van der Waals surface area contributed by atoms with Gasteiger partial charge >= 0.3 is 0 Å². The molecule has 0 fully saturated rings. The van der Waals surface area contributed by atoms with Gasteiger partial charge < -0.3 is 9.97 Å². The van der Waals surface area contributed by atoms with Crippen LogP contribution < -0.4 is 0 Å². The second kappa shape index (κ2) is 6.86. The molecule has 1 aliphatic rings. The molecule has 0 atom stereocenters. The second-order valence-electron chi connectivity index (χ2n) is 7.88. The molecular weight excluding hydrogens is 418 g/mol. The molecule has 2 heterocycles. The molecule has 0 spiro atoms. The first kappa shape index (κ1) is 18.9. The fourth-order valence-corrected chi connectivity index (χ4v) is 4.56. The highest BCUT2D eigenvalue weighted by Gasteiger charge is 2.36. The lowest BCUT2D eigenvalue weighted by molar-refractivity contribution is -0.384. The van der Waals surface area contributed by atoms with Gasteiger partial charge in [-0.2, -0.15) is 0 Å². The fraction of sp³-hybridized carbons (Fsp3) is 0. The largest absolute Gasteiger partial charge is 0.361 e. The van der Waals surface area contributed by atoms with Crippen molar-refractivity contribution in [3.63, 3.8) is 0 Å². The Kier molecular flexibility index (Phi) is 3.94. The van der Waals surface area contributed by atoms with Crippen molar-refractivity contribution in [2.45, 2.75) is 0 Å². The molecule has 158 valence electrons. The summed E-state index contributed by atoms with van der Waals surface area (Å²) in [5.74, 6) is -0.487. The predicted octanol–water partition coefficient (Wildman–Crippen LogP) is 5.51. The number of H-pyrrole nitrogens is 2. The van der Waals surface area contributed by atoms with Crippen molar-refractivity contribution in [3.8, 4) is 22.4 Å². The maximum atomic E-state index is 13.6. The van der Waals surface area contributed by atoms with Gasteiger partial charge in [0.15, 0.2) is 5.78 Å². The quantitative estimate of drug-likeness (QED) is 0.283. The summed E-state index contributed by atoms with van der Waals surface area (Å²) in [6, 6.07) is 20.6. The first-order valence-electron chi connectivity index (χ1n) is 10.3. The number of nitrogens with zero attached hydrogens (tertiary/aromatic N) is 1. The minimum atomic E-state index is -0.465. The van der Waals surface area contributed by atoms with Gasteiger partial charge in [-0.25, -0.2) is 0 Å². The van der Waals surface area contributed by atoms with E-state index in [2.05, 4.69) is 9.97 Å². The number of hydrogen-bond acceptors (Lipinski definition) is 4. The molecule has 0 saturated carbocycles. The highest BCUT2D eigenvalue weighted by atomic mass is 16.6. The lowest BCUT2D eigenvalue weighted by atomic mass is 9.84. The van der Waals surface area contributed by atoms with E-state index in [0.29, 0.717) is 33.5 Å². The Morgan fingerprint density at radius 3 is 2.09 bits per heavy atom. The Morgan fingerprint density at radius 1 is 0.697 bits per heavy atom. The number of nitro groups is 1. The second-order valence-corrected chi connectivity index (χ2v) is 7.88. The van der Waals surface area contributed by atoms with Crippen LogP contribution in [-0.4, -0.2) is 26.5 Å². The number of non-ortho nitro benzene ring substituents is 1. The average molecular weight is 433 g/mol. The zero-order valence-electron chi connectivity index (χ0n) is 17.1. The van der Waals surface area contributed by atoms with Gasteiger partial charge in [-0.05, 0) is 23.8 Å². The van der Waals surface area contributed by atoms with Crippen molar-refractivity contribution in [2.24, 2.45) is 0 Å². The number of carbonyl (C=O) groups excluding carboxylic acids is 2. The molecule has 2 N–H and O–H groups in total. The number of para-hydroxylation sites is 1. The van der Waals surface area contributed by atoms with E-state index in [-0.39, 0.29) is 22.9 Å². The number of nitro benzene ring substituents is 1. The van der Waals surface area contributed by atoms with Crippen LogP contribution in [0.2, 0.25) is 0 Å². The summed E-state index contributed by atoms with van der Waals surface area (Å²) in [6.45, 7) is 0. The number of aromatic amines is 2. The van der Waals surface area contributed by atoms with Crippen LogP contribution in [0, 0.1) is 10.1 Å². The Labute approximate surface area is 186 Å². The molecule has 1 aliphatic carbocycles. The number of aromatic nitrogens is 2. The van der Waals surface area contributed by atoms with Gasteiger partial charge in [0, 0.05) is 51.5 Å². The summed E-state index contributed by atoms with van der Waals surface area (Å²) in [4.78, 5) is 44.0. The number of benzene rings is 3. The summed E-state index contributed by atoms with van der Waals surface area (Å²) in [6.07, 6.45) is 1.82. The van der Waals surface area contributed by atoms with Crippen LogP contribution in [0.15, 0.2) is 79.0 Å². The minimum absolute atomic E-state index is 0.0386. The standard InChI is InChI=1S/C26H15N3O4/c30-25-17-6-1-2-7-18(17)26(31)24-22(25)21(19-13-27-20-8-4-3-5-16(19)20)23(28-24)14-9-11-15(12-10-14)29(32)33/h1-13,27-28H. The third-order valence-electron chi connectivity index (χ3n) is 6.10. The van der Waals surface area contributed by atoms with E-state index in [1.165, 1.54) is 12.1 Å². The van der Waals surface area contributed by atoms with E-state index in [1.54, 1.807) is 36.4 Å². The first-order chi connectivity index (χ1) is 16.0. The molecule has 3 aromatic carbocycles. The van der Waals surface area contributed by atoms with Gasteiger partial charge in [-0.15, -0.1) is 0 Å². The third-order valence-corrected chi connectivity index (χ3v) is 6.10. The molecule has 0 saturated heterocycles. The van der Waals surface area contributed by atoms with E-state index >= 15 is 0 Å². The molecule has 6 rings (SSSR count). The van der Waals surface area contributed by atoms with Crippen LogP contribution >= 0.6 is 0 Å². The summed E-state index contributed by atoms with van der Waals surface area (Å²) < 4.78 is 0. The number of ketones is 2. The van der Waals surface area contributed by atoms with Gasteiger partial charge in [0.05, 0.1) is 21.9 Å². The number of fused-ring (bicyclic) bond motifs is 3. The van der Waals surface area contributed by atoms with Crippen molar-refractivity contribution in [3.05, 3.63) is 111 Å².